The van der Waals surface area contributed by atoms with Gasteiger partial charge in [0.05, 0.1) is 10.6 Å². The Labute approximate surface area is 144 Å². The van der Waals surface area contributed by atoms with E-state index in [0.717, 1.165) is 10.0 Å². The maximum Gasteiger partial charge on any atom is 0.240 e. The van der Waals surface area contributed by atoms with Gasteiger partial charge in [0, 0.05) is 17.4 Å². The zero-order valence-corrected chi connectivity index (χ0v) is 14.9. The highest BCUT2D eigenvalue weighted by Crippen LogP contribution is 2.21. The van der Waals surface area contributed by atoms with Crippen molar-refractivity contribution in [1.29, 1.82) is 0 Å². The van der Waals surface area contributed by atoms with Crippen LogP contribution in [0.3, 0.4) is 0 Å². The Morgan fingerprint density at radius 2 is 1.74 bits per heavy atom. The molecule has 0 aliphatic heterocycles. The molecule has 0 heterocycles. The number of rotatable bonds is 6. The molecule has 0 bridgehead atoms. The van der Waals surface area contributed by atoms with E-state index in [1.807, 2.05) is 19.1 Å². The van der Waals surface area contributed by atoms with E-state index < -0.39 is 10.0 Å². The van der Waals surface area contributed by atoms with E-state index in [2.05, 4.69) is 26.0 Å². The second-order valence-corrected chi connectivity index (χ2v) is 7.61. The maximum atomic E-state index is 12.1. The third-order valence-corrected chi connectivity index (χ3v) is 5.29. The molecule has 7 heteroatoms. The summed E-state index contributed by atoms with van der Waals surface area (Å²) < 4.78 is 27.4. The first kappa shape index (κ1) is 17.7. The van der Waals surface area contributed by atoms with Crippen molar-refractivity contribution < 1.29 is 13.2 Å². The molecule has 0 spiro atoms. The van der Waals surface area contributed by atoms with Crippen LogP contribution in [0.15, 0.2) is 57.9 Å². The highest BCUT2D eigenvalue weighted by atomic mass is 79.9. The monoisotopic (exact) mass is 396 g/mol. The molecule has 23 heavy (non-hydrogen) atoms. The Bertz CT molecular complexity index is 789. The Morgan fingerprint density at radius 3 is 2.39 bits per heavy atom. The molecular formula is C16H17BrN2O3S. The fraction of sp³-hybridized carbons (Fsp3) is 0.188. The van der Waals surface area contributed by atoms with E-state index in [9.17, 15) is 13.2 Å². The van der Waals surface area contributed by atoms with Gasteiger partial charge in [-0.3, -0.25) is 4.79 Å². The molecule has 0 aliphatic carbocycles. The summed E-state index contributed by atoms with van der Waals surface area (Å²) in [6, 6.07) is 13.8. The topological polar surface area (TPSA) is 75.3 Å². The normalized spacial score (nSPS) is 11.2. The van der Waals surface area contributed by atoms with Crippen LogP contribution < -0.4 is 10.0 Å². The molecule has 0 aromatic heterocycles. The average molecular weight is 397 g/mol. The quantitative estimate of drug-likeness (QED) is 0.787. The summed E-state index contributed by atoms with van der Waals surface area (Å²) in [7, 11) is -3.59. The van der Waals surface area contributed by atoms with Crippen LogP contribution in [0.1, 0.15) is 12.0 Å². The van der Waals surface area contributed by atoms with Crippen molar-refractivity contribution in [3.8, 4) is 0 Å². The van der Waals surface area contributed by atoms with Gasteiger partial charge in [0.15, 0.2) is 0 Å². The first-order chi connectivity index (χ1) is 10.9. The summed E-state index contributed by atoms with van der Waals surface area (Å²) in [5.41, 5.74) is 1.63. The van der Waals surface area contributed by atoms with Gasteiger partial charge in [-0.2, -0.15) is 0 Å². The molecule has 0 saturated heterocycles. The highest BCUT2D eigenvalue weighted by molar-refractivity contribution is 9.10. The molecule has 0 radical (unpaired) electrons. The third-order valence-electron chi connectivity index (χ3n) is 3.12. The van der Waals surface area contributed by atoms with E-state index in [0.29, 0.717) is 5.69 Å². The number of carbonyl (C=O) groups is 1. The van der Waals surface area contributed by atoms with Gasteiger partial charge in [0.1, 0.15) is 0 Å². The van der Waals surface area contributed by atoms with Crippen molar-refractivity contribution in [3.05, 3.63) is 58.6 Å². The highest BCUT2D eigenvalue weighted by Gasteiger charge is 2.14. The second kappa shape index (κ2) is 7.72. The summed E-state index contributed by atoms with van der Waals surface area (Å²) in [5, 5.41) is 2.72. The van der Waals surface area contributed by atoms with Crippen LogP contribution in [0.5, 0.6) is 0 Å². The van der Waals surface area contributed by atoms with Crippen LogP contribution in [0.4, 0.5) is 5.69 Å². The summed E-state index contributed by atoms with van der Waals surface area (Å²) >= 11 is 3.33. The zero-order valence-electron chi connectivity index (χ0n) is 12.5. The number of benzene rings is 2. The molecule has 0 saturated carbocycles. The van der Waals surface area contributed by atoms with Crippen molar-refractivity contribution in [3.63, 3.8) is 0 Å². The first-order valence-corrected chi connectivity index (χ1v) is 9.27. The van der Waals surface area contributed by atoms with Crippen LogP contribution >= 0.6 is 15.9 Å². The Kier molecular flexibility index (Phi) is 5.92. The summed E-state index contributed by atoms with van der Waals surface area (Å²) in [6.07, 6.45) is 0.0480. The lowest BCUT2D eigenvalue weighted by molar-refractivity contribution is -0.116. The molecule has 2 aromatic rings. The Morgan fingerprint density at radius 1 is 1.09 bits per heavy atom. The fourth-order valence-electron chi connectivity index (χ4n) is 1.87. The zero-order chi connectivity index (χ0) is 16.9. The van der Waals surface area contributed by atoms with Crippen LogP contribution in [0.2, 0.25) is 0 Å². The minimum absolute atomic E-state index is 0.0342. The molecule has 0 aliphatic rings. The molecule has 2 N–H and O–H groups in total. The number of sulfonamides is 1. The van der Waals surface area contributed by atoms with Gasteiger partial charge < -0.3 is 5.32 Å². The number of aryl methyl sites for hydroxylation is 1. The van der Waals surface area contributed by atoms with Gasteiger partial charge in [0.25, 0.3) is 0 Å². The lowest BCUT2D eigenvalue weighted by Crippen LogP contribution is -2.27. The minimum Gasteiger partial charge on any atom is -0.325 e. The number of carbonyl (C=O) groups excluding carboxylic acids is 1. The van der Waals surface area contributed by atoms with Crippen molar-refractivity contribution in [2.24, 2.45) is 0 Å². The van der Waals surface area contributed by atoms with Gasteiger partial charge in [-0.1, -0.05) is 29.8 Å². The van der Waals surface area contributed by atoms with Crippen LogP contribution in [-0.4, -0.2) is 20.9 Å². The summed E-state index contributed by atoms with van der Waals surface area (Å²) in [6.45, 7) is 1.92. The van der Waals surface area contributed by atoms with Crippen LogP contribution in [0, 0.1) is 6.92 Å². The van der Waals surface area contributed by atoms with Gasteiger partial charge >= 0.3 is 0 Å². The standard InChI is InChI=1S/C16H17BrN2O3S/c1-12-6-8-13(9-7-12)23(21,22)18-11-10-16(20)19-15-5-3-2-4-14(15)17/h2-9,18H,10-11H2,1H3,(H,19,20). The number of amides is 1. The van der Waals surface area contributed by atoms with Crippen LogP contribution in [0.25, 0.3) is 0 Å². The maximum absolute atomic E-state index is 12.1. The molecule has 0 unspecified atom stereocenters. The summed E-state index contributed by atoms with van der Waals surface area (Å²) in [4.78, 5) is 12.1. The van der Waals surface area contributed by atoms with E-state index in [1.165, 1.54) is 0 Å². The number of anilines is 1. The van der Waals surface area contributed by atoms with Crippen molar-refractivity contribution in [2.75, 3.05) is 11.9 Å². The lowest BCUT2D eigenvalue weighted by atomic mass is 10.2. The number of nitrogens with one attached hydrogen (secondary N) is 2. The van der Waals surface area contributed by atoms with Gasteiger partial charge in [-0.25, -0.2) is 13.1 Å². The minimum atomic E-state index is -3.59. The van der Waals surface area contributed by atoms with E-state index in [4.69, 9.17) is 0 Å². The van der Waals surface area contributed by atoms with Crippen molar-refractivity contribution in [1.82, 2.24) is 4.72 Å². The Hall–Kier alpha value is -1.70. The first-order valence-electron chi connectivity index (χ1n) is 6.99. The summed E-state index contributed by atoms with van der Waals surface area (Å²) in [5.74, 6) is -0.261. The lowest BCUT2D eigenvalue weighted by Gasteiger charge is -2.09. The van der Waals surface area contributed by atoms with Gasteiger partial charge in [-0.05, 0) is 47.1 Å². The third kappa shape index (κ3) is 5.16. The van der Waals surface area contributed by atoms with Crippen molar-refractivity contribution in [2.45, 2.75) is 18.2 Å². The van der Waals surface area contributed by atoms with E-state index in [-0.39, 0.29) is 23.8 Å². The van der Waals surface area contributed by atoms with Crippen molar-refractivity contribution >= 4 is 37.5 Å². The van der Waals surface area contributed by atoms with Gasteiger partial charge in [-0.15, -0.1) is 0 Å². The second-order valence-electron chi connectivity index (χ2n) is 4.99. The molecule has 2 rings (SSSR count). The molecule has 1 amide bonds. The molecule has 5 nitrogen and oxygen atoms in total. The van der Waals surface area contributed by atoms with E-state index in [1.54, 1.807) is 36.4 Å². The number of hydrogen-bond acceptors (Lipinski definition) is 3. The SMILES string of the molecule is Cc1ccc(S(=O)(=O)NCCC(=O)Nc2ccccc2Br)cc1. The molecule has 0 atom stereocenters. The predicted octanol–water partition coefficient (Wildman–Crippen LogP) is 3.06. The number of para-hydroxylation sites is 1. The number of hydrogen-bond donors (Lipinski definition) is 2. The smallest absolute Gasteiger partial charge is 0.240 e. The number of halogens is 1. The molecule has 122 valence electrons. The fourth-order valence-corrected chi connectivity index (χ4v) is 3.29. The molecule has 0 fully saturated rings. The van der Waals surface area contributed by atoms with Crippen LogP contribution in [-0.2, 0) is 14.8 Å². The predicted molar refractivity (Wildman–Crippen MR) is 93.8 cm³/mol. The Balaban J connectivity index is 1.88. The average Bonchev–Trinajstić information content (AvgIpc) is 2.50. The molecule has 2 aromatic carbocycles. The molecular weight excluding hydrogens is 380 g/mol. The van der Waals surface area contributed by atoms with E-state index >= 15 is 0 Å². The van der Waals surface area contributed by atoms with Gasteiger partial charge in [0.2, 0.25) is 15.9 Å². The largest absolute Gasteiger partial charge is 0.325 e.